The van der Waals surface area contributed by atoms with Crippen molar-refractivity contribution in [2.75, 3.05) is 11.9 Å². The molecule has 0 aliphatic carbocycles. The van der Waals surface area contributed by atoms with Gasteiger partial charge in [0.15, 0.2) is 11.7 Å². The number of hydrogen-bond donors (Lipinski definition) is 2. The second-order valence-electron chi connectivity index (χ2n) is 5.52. The molecular formula is C18H19BrN2O2S. The summed E-state index contributed by atoms with van der Waals surface area (Å²) in [6, 6.07) is 11.6. The highest BCUT2D eigenvalue weighted by molar-refractivity contribution is 9.10. The predicted octanol–water partition coefficient (Wildman–Crippen LogP) is 4.27. The van der Waals surface area contributed by atoms with Gasteiger partial charge in [0.2, 0.25) is 0 Å². The Balaban J connectivity index is 1.86. The van der Waals surface area contributed by atoms with Gasteiger partial charge in [0.1, 0.15) is 5.75 Å². The molecule has 0 aliphatic heterocycles. The van der Waals surface area contributed by atoms with Gasteiger partial charge in [-0.05, 0) is 73.9 Å². The van der Waals surface area contributed by atoms with E-state index in [1.165, 1.54) is 0 Å². The van der Waals surface area contributed by atoms with Crippen LogP contribution < -0.4 is 15.4 Å². The summed E-state index contributed by atoms with van der Waals surface area (Å²) in [7, 11) is 0. The van der Waals surface area contributed by atoms with E-state index in [2.05, 4.69) is 26.6 Å². The van der Waals surface area contributed by atoms with Crippen LogP contribution >= 0.6 is 28.1 Å². The number of hydrogen-bond acceptors (Lipinski definition) is 3. The minimum atomic E-state index is -0.307. The first-order valence-electron chi connectivity index (χ1n) is 7.42. The van der Waals surface area contributed by atoms with E-state index in [9.17, 15) is 4.79 Å². The fraction of sp³-hybridized carbons (Fsp3) is 0.222. The van der Waals surface area contributed by atoms with E-state index in [1.54, 1.807) is 6.07 Å². The highest BCUT2D eigenvalue weighted by Gasteiger charge is 2.08. The van der Waals surface area contributed by atoms with Gasteiger partial charge in [-0.1, -0.05) is 28.1 Å². The molecule has 2 N–H and O–H groups in total. The first kappa shape index (κ1) is 18.4. The van der Waals surface area contributed by atoms with Crippen molar-refractivity contribution >= 4 is 44.9 Å². The Labute approximate surface area is 155 Å². The molecule has 2 aromatic rings. The number of aryl methyl sites for hydroxylation is 3. The molecule has 0 aromatic heterocycles. The van der Waals surface area contributed by atoms with Gasteiger partial charge in [0.05, 0.1) is 0 Å². The molecule has 0 heterocycles. The van der Waals surface area contributed by atoms with Crippen molar-refractivity contribution in [2.24, 2.45) is 0 Å². The van der Waals surface area contributed by atoms with E-state index in [4.69, 9.17) is 17.0 Å². The number of rotatable bonds is 4. The van der Waals surface area contributed by atoms with Crippen LogP contribution in [0.2, 0.25) is 0 Å². The highest BCUT2D eigenvalue weighted by Crippen LogP contribution is 2.21. The van der Waals surface area contributed by atoms with Crippen molar-refractivity contribution in [3.8, 4) is 5.75 Å². The van der Waals surface area contributed by atoms with Gasteiger partial charge in [-0.25, -0.2) is 0 Å². The molecule has 0 spiro atoms. The van der Waals surface area contributed by atoms with Crippen LogP contribution in [0, 0.1) is 20.8 Å². The average molecular weight is 407 g/mol. The molecule has 0 aliphatic rings. The van der Waals surface area contributed by atoms with Gasteiger partial charge < -0.3 is 10.1 Å². The Kier molecular flexibility index (Phi) is 6.34. The molecule has 0 unspecified atom stereocenters. The van der Waals surface area contributed by atoms with Gasteiger partial charge in [0.25, 0.3) is 5.91 Å². The number of halogens is 1. The Morgan fingerprint density at radius 3 is 2.58 bits per heavy atom. The van der Waals surface area contributed by atoms with E-state index in [0.717, 1.165) is 26.9 Å². The summed E-state index contributed by atoms with van der Waals surface area (Å²) in [5.74, 6) is 0.331. The number of amides is 1. The van der Waals surface area contributed by atoms with Crippen molar-refractivity contribution in [3.63, 3.8) is 0 Å². The maximum absolute atomic E-state index is 11.9. The maximum Gasteiger partial charge on any atom is 0.264 e. The summed E-state index contributed by atoms with van der Waals surface area (Å²) in [6.07, 6.45) is 0. The standard InChI is InChI=1S/C18H19BrN2O2S/c1-11-4-5-12(2)16(8-11)20-18(24)21-17(22)10-23-14-6-7-15(19)13(3)9-14/h4-9H,10H2,1-3H3,(H2,20,21,22,24). The lowest BCUT2D eigenvalue weighted by Crippen LogP contribution is -2.37. The van der Waals surface area contributed by atoms with Crippen molar-refractivity contribution < 1.29 is 9.53 Å². The molecule has 24 heavy (non-hydrogen) atoms. The van der Waals surface area contributed by atoms with Crippen LogP contribution in [-0.4, -0.2) is 17.6 Å². The smallest absolute Gasteiger partial charge is 0.264 e. The van der Waals surface area contributed by atoms with E-state index in [0.29, 0.717) is 5.75 Å². The number of benzene rings is 2. The third-order valence-electron chi connectivity index (χ3n) is 3.39. The van der Waals surface area contributed by atoms with Crippen molar-refractivity contribution in [1.29, 1.82) is 0 Å². The largest absolute Gasteiger partial charge is 0.484 e. The summed E-state index contributed by atoms with van der Waals surface area (Å²) in [5, 5.41) is 5.91. The van der Waals surface area contributed by atoms with Gasteiger partial charge in [-0.15, -0.1) is 0 Å². The zero-order valence-corrected chi connectivity index (χ0v) is 16.2. The minimum absolute atomic E-state index is 0.101. The van der Waals surface area contributed by atoms with Crippen LogP contribution in [0.15, 0.2) is 40.9 Å². The summed E-state index contributed by atoms with van der Waals surface area (Å²) in [5.41, 5.74) is 4.09. The lowest BCUT2D eigenvalue weighted by molar-refractivity contribution is -0.121. The number of anilines is 1. The van der Waals surface area contributed by atoms with Crippen LogP contribution in [0.5, 0.6) is 5.75 Å². The predicted molar refractivity (Wildman–Crippen MR) is 105 cm³/mol. The Morgan fingerprint density at radius 2 is 1.88 bits per heavy atom. The zero-order chi connectivity index (χ0) is 17.7. The van der Waals surface area contributed by atoms with Crippen LogP contribution in [0.1, 0.15) is 16.7 Å². The Hall–Kier alpha value is -1.92. The molecule has 126 valence electrons. The maximum atomic E-state index is 11.9. The third kappa shape index (κ3) is 5.32. The van der Waals surface area contributed by atoms with Crippen LogP contribution in [0.25, 0.3) is 0 Å². The van der Waals surface area contributed by atoms with Gasteiger partial charge in [0, 0.05) is 10.2 Å². The summed E-state index contributed by atoms with van der Waals surface area (Å²) >= 11 is 8.60. The molecule has 0 bridgehead atoms. The summed E-state index contributed by atoms with van der Waals surface area (Å²) in [4.78, 5) is 11.9. The molecule has 0 saturated heterocycles. The molecule has 0 atom stereocenters. The van der Waals surface area contributed by atoms with Gasteiger partial charge in [-0.3, -0.25) is 10.1 Å². The molecule has 6 heteroatoms. The molecule has 4 nitrogen and oxygen atoms in total. The van der Waals surface area contributed by atoms with Crippen molar-refractivity contribution in [1.82, 2.24) is 5.32 Å². The fourth-order valence-electron chi connectivity index (χ4n) is 2.04. The third-order valence-corrected chi connectivity index (χ3v) is 4.49. The van der Waals surface area contributed by atoms with Crippen molar-refractivity contribution in [2.45, 2.75) is 20.8 Å². The van der Waals surface area contributed by atoms with Crippen LogP contribution in [-0.2, 0) is 4.79 Å². The highest BCUT2D eigenvalue weighted by atomic mass is 79.9. The average Bonchev–Trinajstić information content (AvgIpc) is 2.52. The van der Waals surface area contributed by atoms with Gasteiger partial charge in [-0.2, -0.15) is 0 Å². The molecule has 0 saturated carbocycles. The number of thiocarbonyl (C=S) groups is 1. The Morgan fingerprint density at radius 1 is 1.12 bits per heavy atom. The fourth-order valence-corrected chi connectivity index (χ4v) is 2.51. The lowest BCUT2D eigenvalue weighted by atomic mass is 10.1. The topological polar surface area (TPSA) is 50.4 Å². The lowest BCUT2D eigenvalue weighted by Gasteiger charge is -2.13. The van der Waals surface area contributed by atoms with Gasteiger partial charge >= 0.3 is 0 Å². The quantitative estimate of drug-likeness (QED) is 0.744. The molecule has 2 aromatic carbocycles. The Bertz CT molecular complexity index is 778. The molecule has 1 amide bonds. The van der Waals surface area contributed by atoms with E-state index in [1.807, 2.05) is 51.1 Å². The normalized spacial score (nSPS) is 10.2. The zero-order valence-electron chi connectivity index (χ0n) is 13.8. The first-order chi connectivity index (χ1) is 11.3. The molecule has 0 fully saturated rings. The second kappa shape index (κ2) is 8.26. The molecule has 0 radical (unpaired) electrons. The van der Waals surface area contributed by atoms with Crippen molar-refractivity contribution in [3.05, 3.63) is 57.6 Å². The minimum Gasteiger partial charge on any atom is -0.484 e. The SMILES string of the molecule is Cc1ccc(C)c(NC(=S)NC(=O)COc2ccc(Br)c(C)c2)c1. The number of nitrogens with one attached hydrogen (secondary N) is 2. The number of carbonyl (C=O) groups is 1. The summed E-state index contributed by atoms with van der Waals surface area (Å²) < 4.78 is 6.48. The second-order valence-corrected chi connectivity index (χ2v) is 6.78. The van der Waals surface area contributed by atoms with Crippen LogP contribution in [0.4, 0.5) is 5.69 Å². The van der Waals surface area contributed by atoms with E-state index in [-0.39, 0.29) is 17.6 Å². The number of ether oxygens (including phenoxy) is 1. The number of carbonyl (C=O) groups excluding carboxylic acids is 1. The molecule has 2 rings (SSSR count). The van der Waals surface area contributed by atoms with Crippen LogP contribution in [0.3, 0.4) is 0 Å². The first-order valence-corrected chi connectivity index (χ1v) is 8.62. The van der Waals surface area contributed by atoms with E-state index < -0.39 is 0 Å². The molecular weight excluding hydrogens is 388 g/mol. The summed E-state index contributed by atoms with van der Waals surface area (Å²) in [6.45, 7) is 5.83. The van der Waals surface area contributed by atoms with E-state index >= 15 is 0 Å². The monoisotopic (exact) mass is 406 g/mol.